The summed E-state index contributed by atoms with van der Waals surface area (Å²) in [6.07, 6.45) is 4.15. The van der Waals surface area contributed by atoms with Crippen molar-refractivity contribution in [3.63, 3.8) is 0 Å². The maximum Gasteiger partial charge on any atom is 0.302 e. The summed E-state index contributed by atoms with van der Waals surface area (Å²) in [5.41, 5.74) is 0. The van der Waals surface area contributed by atoms with Crippen LogP contribution in [0.25, 0.3) is 0 Å². The Morgan fingerprint density at radius 1 is 1.33 bits per heavy atom. The number of hydrogen-bond acceptors (Lipinski definition) is 2. The fourth-order valence-corrected chi connectivity index (χ4v) is 2.92. The van der Waals surface area contributed by atoms with Gasteiger partial charge in [0.15, 0.2) is 0 Å². The van der Waals surface area contributed by atoms with Gasteiger partial charge in [-0.1, -0.05) is 6.92 Å². The van der Waals surface area contributed by atoms with E-state index in [1.807, 2.05) is 0 Å². The summed E-state index contributed by atoms with van der Waals surface area (Å²) < 4.78 is 5.32. The number of carbonyl (C=O) groups excluding carboxylic acids is 1. The van der Waals surface area contributed by atoms with Crippen molar-refractivity contribution >= 4 is 5.97 Å². The molecule has 0 amide bonds. The maximum atomic E-state index is 10.8. The summed E-state index contributed by atoms with van der Waals surface area (Å²) >= 11 is 0. The molecule has 2 aliphatic carbocycles. The molecule has 0 radical (unpaired) electrons. The van der Waals surface area contributed by atoms with Crippen molar-refractivity contribution in [3.8, 4) is 0 Å². The standard InChI is InChI=1S/C10H16O2/c1-6-8-3-4-9(5-8)10(6)12-7(2)11/h6,8-10H,3-5H2,1-2H3/t6-,8+,9-,10+/m1/s1. The number of rotatable bonds is 1. The van der Waals surface area contributed by atoms with Gasteiger partial charge in [0.25, 0.3) is 0 Å². The van der Waals surface area contributed by atoms with Crippen LogP contribution in [0.15, 0.2) is 0 Å². The average molecular weight is 168 g/mol. The number of fused-ring (bicyclic) bond motifs is 2. The van der Waals surface area contributed by atoms with Gasteiger partial charge in [0, 0.05) is 6.92 Å². The molecule has 2 saturated carbocycles. The van der Waals surface area contributed by atoms with E-state index in [0.29, 0.717) is 11.8 Å². The second kappa shape index (κ2) is 2.75. The van der Waals surface area contributed by atoms with E-state index in [-0.39, 0.29) is 12.1 Å². The molecule has 2 bridgehead atoms. The van der Waals surface area contributed by atoms with Gasteiger partial charge >= 0.3 is 5.97 Å². The highest BCUT2D eigenvalue weighted by Gasteiger charge is 2.46. The second-order valence-electron chi connectivity index (χ2n) is 4.27. The largest absolute Gasteiger partial charge is 0.462 e. The highest BCUT2D eigenvalue weighted by atomic mass is 16.5. The van der Waals surface area contributed by atoms with Gasteiger partial charge in [0.05, 0.1) is 0 Å². The summed E-state index contributed by atoms with van der Waals surface area (Å²) in [5.74, 6) is 2.00. The van der Waals surface area contributed by atoms with E-state index in [1.165, 1.54) is 26.2 Å². The lowest BCUT2D eigenvalue weighted by atomic mass is 9.88. The molecule has 0 aliphatic heterocycles. The predicted molar refractivity (Wildman–Crippen MR) is 45.5 cm³/mol. The van der Waals surface area contributed by atoms with E-state index in [2.05, 4.69) is 6.92 Å². The molecule has 0 N–H and O–H groups in total. The van der Waals surface area contributed by atoms with Gasteiger partial charge in [-0.25, -0.2) is 0 Å². The Hall–Kier alpha value is -0.530. The highest BCUT2D eigenvalue weighted by Crippen LogP contribution is 2.49. The molecule has 2 heteroatoms. The molecule has 68 valence electrons. The normalized spacial score (nSPS) is 44.8. The van der Waals surface area contributed by atoms with Crippen molar-refractivity contribution in [3.05, 3.63) is 0 Å². The molecule has 0 aromatic heterocycles. The zero-order valence-corrected chi connectivity index (χ0v) is 7.75. The monoisotopic (exact) mass is 168 g/mol. The zero-order valence-electron chi connectivity index (χ0n) is 7.75. The van der Waals surface area contributed by atoms with Crippen LogP contribution in [-0.2, 0) is 9.53 Å². The Balaban J connectivity index is 2.02. The quantitative estimate of drug-likeness (QED) is 0.560. The van der Waals surface area contributed by atoms with Gasteiger partial charge in [0.1, 0.15) is 6.10 Å². The van der Waals surface area contributed by atoms with E-state index in [1.54, 1.807) is 0 Å². The summed E-state index contributed by atoms with van der Waals surface area (Å²) in [7, 11) is 0. The third kappa shape index (κ3) is 1.13. The lowest BCUT2D eigenvalue weighted by Crippen LogP contribution is -2.29. The van der Waals surface area contributed by atoms with Crippen molar-refractivity contribution in [2.75, 3.05) is 0 Å². The minimum atomic E-state index is -0.112. The fraction of sp³-hybridized carbons (Fsp3) is 0.900. The van der Waals surface area contributed by atoms with Crippen LogP contribution in [0.3, 0.4) is 0 Å². The molecular weight excluding hydrogens is 152 g/mol. The lowest BCUT2D eigenvalue weighted by Gasteiger charge is -2.27. The maximum absolute atomic E-state index is 10.8. The van der Waals surface area contributed by atoms with Crippen LogP contribution in [0, 0.1) is 17.8 Å². The van der Waals surface area contributed by atoms with Crippen molar-refractivity contribution in [1.82, 2.24) is 0 Å². The van der Waals surface area contributed by atoms with Crippen molar-refractivity contribution in [1.29, 1.82) is 0 Å². The molecule has 0 spiro atoms. The van der Waals surface area contributed by atoms with Crippen LogP contribution in [0.1, 0.15) is 33.1 Å². The molecule has 2 nitrogen and oxygen atoms in total. The molecule has 0 aromatic carbocycles. The Morgan fingerprint density at radius 3 is 2.50 bits per heavy atom. The number of esters is 1. The van der Waals surface area contributed by atoms with Crippen LogP contribution >= 0.6 is 0 Å². The Kier molecular flexibility index (Phi) is 1.85. The van der Waals surface area contributed by atoms with Crippen LogP contribution in [0.2, 0.25) is 0 Å². The molecule has 0 saturated heterocycles. The van der Waals surface area contributed by atoms with Crippen LogP contribution in [0.5, 0.6) is 0 Å². The Bertz CT molecular complexity index is 198. The van der Waals surface area contributed by atoms with Crippen molar-refractivity contribution in [2.24, 2.45) is 17.8 Å². The van der Waals surface area contributed by atoms with Crippen LogP contribution in [-0.4, -0.2) is 12.1 Å². The van der Waals surface area contributed by atoms with E-state index < -0.39 is 0 Å². The topological polar surface area (TPSA) is 26.3 Å². The van der Waals surface area contributed by atoms with E-state index in [0.717, 1.165) is 5.92 Å². The average Bonchev–Trinajstić information content (AvgIpc) is 2.53. The summed E-state index contributed by atoms with van der Waals surface area (Å²) in [6.45, 7) is 3.73. The van der Waals surface area contributed by atoms with E-state index >= 15 is 0 Å². The minimum Gasteiger partial charge on any atom is -0.462 e. The number of carbonyl (C=O) groups is 1. The van der Waals surface area contributed by atoms with Crippen molar-refractivity contribution in [2.45, 2.75) is 39.2 Å². The van der Waals surface area contributed by atoms with E-state index in [9.17, 15) is 4.79 Å². The Labute approximate surface area is 73.3 Å². The SMILES string of the molecule is CC(=O)O[C@@H]1[C@@H]2CC[C@@H](C2)[C@H]1C. The minimum absolute atomic E-state index is 0.112. The highest BCUT2D eigenvalue weighted by molar-refractivity contribution is 5.66. The molecular formula is C10H16O2. The first kappa shape index (κ1) is 8.09. The molecule has 0 heterocycles. The summed E-state index contributed by atoms with van der Waals surface area (Å²) in [4.78, 5) is 10.8. The van der Waals surface area contributed by atoms with Gasteiger partial charge in [-0.05, 0) is 37.0 Å². The first-order valence-electron chi connectivity index (χ1n) is 4.85. The second-order valence-corrected chi connectivity index (χ2v) is 4.27. The van der Waals surface area contributed by atoms with Gasteiger partial charge < -0.3 is 4.74 Å². The summed E-state index contributed by atoms with van der Waals surface area (Å²) in [5, 5.41) is 0. The van der Waals surface area contributed by atoms with Gasteiger partial charge in [0.2, 0.25) is 0 Å². The molecule has 2 fully saturated rings. The summed E-state index contributed by atoms with van der Waals surface area (Å²) in [6, 6.07) is 0. The fourth-order valence-electron chi connectivity index (χ4n) is 2.92. The van der Waals surface area contributed by atoms with Crippen molar-refractivity contribution < 1.29 is 9.53 Å². The number of hydrogen-bond donors (Lipinski definition) is 0. The van der Waals surface area contributed by atoms with Gasteiger partial charge in [-0.3, -0.25) is 4.79 Å². The molecule has 0 aromatic rings. The van der Waals surface area contributed by atoms with Crippen LogP contribution < -0.4 is 0 Å². The Morgan fingerprint density at radius 2 is 2.00 bits per heavy atom. The molecule has 12 heavy (non-hydrogen) atoms. The first-order valence-corrected chi connectivity index (χ1v) is 4.85. The molecule has 0 unspecified atom stereocenters. The molecule has 2 rings (SSSR count). The van der Waals surface area contributed by atoms with E-state index in [4.69, 9.17) is 4.74 Å². The molecule has 2 aliphatic rings. The first-order chi connectivity index (χ1) is 5.68. The molecule has 4 atom stereocenters. The van der Waals surface area contributed by atoms with Gasteiger partial charge in [-0.15, -0.1) is 0 Å². The predicted octanol–water partition coefficient (Wildman–Crippen LogP) is 1.98. The third-order valence-electron chi connectivity index (χ3n) is 3.54. The zero-order chi connectivity index (χ0) is 8.72. The third-order valence-corrected chi connectivity index (χ3v) is 3.54. The number of ether oxygens (including phenoxy) is 1. The lowest BCUT2D eigenvalue weighted by molar-refractivity contribution is -0.151. The van der Waals surface area contributed by atoms with Crippen LogP contribution in [0.4, 0.5) is 0 Å². The smallest absolute Gasteiger partial charge is 0.302 e. The van der Waals surface area contributed by atoms with Gasteiger partial charge in [-0.2, -0.15) is 0 Å².